The van der Waals surface area contributed by atoms with Crippen molar-refractivity contribution in [2.45, 2.75) is 6.61 Å². The molecule has 8 heteroatoms. The summed E-state index contributed by atoms with van der Waals surface area (Å²) in [5, 5.41) is 20.6. The average molecular weight is 291 g/mol. The highest BCUT2D eigenvalue weighted by atomic mass is 16.5. The third kappa shape index (κ3) is 3.00. The molecule has 0 spiro atoms. The van der Waals surface area contributed by atoms with Crippen LogP contribution < -0.4 is 5.32 Å². The Kier molecular flexibility index (Phi) is 4.19. The van der Waals surface area contributed by atoms with E-state index in [9.17, 15) is 9.59 Å². The number of nitrogens with zero attached hydrogens (tertiary/aromatic N) is 2. The summed E-state index contributed by atoms with van der Waals surface area (Å²) in [4.78, 5) is 26.7. The second-order valence-corrected chi connectivity index (χ2v) is 4.05. The van der Waals surface area contributed by atoms with Gasteiger partial charge in [0.15, 0.2) is 11.5 Å². The van der Waals surface area contributed by atoms with Crippen molar-refractivity contribution in [3.05, 3.63) is 42.2 Å². The summed E-state index contributed by atoms with van der Waals surface area (Å²) >= 11 is 0. The number of hydrogen-bond donors (Lipinski definition) is 3. The highest BCUT2D eigenvalue weighted by molar-refractivity contribution is 5.97. The lowest BCUT2D eigenvalue weighted by Crippen LogP contribution is -2.17. The van der Waals surface area contributed by atoms with Gasteiger partial charge in [-0.05, 0) is 11.6 Å². The number of carbonyl (C=O) groups is 2. The summed E-state index contributed by atoms with van der Waals surface area (Å²) in [6.07, 6.45) is 2.04. The molecule has 0 unspecified atom stereocenters. The van der Waals surface area contributed by atoms with E-state index in [-0.39, 0.29) is 24.7 Å². The molecule has 2 rings (SSSR count). The molecule has 0 radical (unpaired) electrons. The number of carboxylic acid groups (broad SMARTS) is 1. The third-order valence-electron chi connectivity index (χ3n) is 2.62. The fourth-order valence-corrected chi connectivity index (χ4v) is 1.72. The van der Waals surface area contributed by atoms with E-state index in [4.69, 9.17) is 14.9 Å². The van der Waals surface area contributed by atoms with E-state index < -0.39 is 12.1 Å². The zero-order valence-electron chi connectivity index (χ0n) is 10.9. The van der Waals surface area contributed by atoms with Crippen molar-refractivity contribution in [2.24, 2.45) is 0 Å². The number of aliphatic hydroxyl groups excluding tert-OH is 1. The number of carbonyl (C=O) groups excluding carboxylic acids is 1. The normalized spacial score (nSPS) is 10.3. The number of anilines is 1. The standard InChI is InChI=1S/C13H13N3O5/c1-2-5-21-13(20)15-11-10(12(18)19)14-9-4-3-8(7-17)6-16(9)11/h2-4,6,17H,1,5,7H2,(H,15,20)(H,18,19). The van der Waals surface area contributed by atoms with Crippen LogP contribution in [-0.2, 0) is 11.3 Å². The lowest BCUT2D eigenvalue weighted by atomic mass is 10.3. The molecule has 8 nitrogen and oxygen atoms in total. The van der Waals surface area contributed by atoms with Crippen molar-refractivity contribution in [3.63, 3.8) is 0 Å². The fourth-order valence-electron chi connectivity index (χ4n) is 1.72. The van der Waals surface area contributed by atoms with Gasteiger partial charge in [0.05, 0.1) is 6.61 Å². The first-order valence-corrected chi connectivity index (χ1v) is 5.96. The minimum absolute atomic E-state index is 0.00708. The molecule has 0 fully saturated rings. The summed E-state index contributed by atoms with van der Waals surface area (Å²) in [6.45, 7) is 3.17. The summed E-state index contributed by atoms with van der Waals surface area (Å²) in [5.74, 6) is -1.33. The molecular weight excluding hydrogens is 278 g/mol. The van der Waals surface area contributed by atoms with Crippen molar-refractivity contribution in [1.29, 1.82) is 0 Å². The molecule has 0 bridgehead atoms. The first kappa shape index (κ1) is 14.5. The molecule has 2 heterocycles. The Morgan fingerprint density at radius 3 is 2.86 bits per heavy atom. The minimum atomic E-state index is -1.29. The van der Waals surface area contributed by atoms with Gasteiger partial charge in [-0.25, -0.2) is 14.6 Å². The van der Waals surface area contributed by atoms with Crippen LogP contribution in [0, 0.1) is 0 Å². The maximum Gasteiger partial charge on any atom is 0.413 e. The number of ether oxygens (including phenoxy) is 1. The van der Waals surface area contributed by atoms with Crippen molar-refractivity contribution in [2.75, 3.05) is 11.9 Å². The smallest absolute Gasteiger partial charge is 0.413 e. The number of aliphatic hydroxyl groups is 1. The molecule has 0 saturated carbocycles. The number of fused-ring (bicyclic) bond motifs is 1. The van der Waals surface area contributed by atoms with Crippen molar-refractivity contribution in [1.82, 2.24) is 9.38 Å². The van der Waals surface area contributed by atoms with Gasteiger partial charge >= 0.3 is 12.1 Å². The maximum absolute atomic E-state index is 11.6. The average Bonchev–Trinajstić information content (AvgIpc) is 2.83. The zero-order chi connectivity index (χ0) is 15.4. The molecule has 1 amide bonds. The second kappa shape index (κ2) is 6.06. The second-order valence-electron chi connectivity index (χ2n) is 4.05. The topological polar surface area (TPSA) is 113 Å². The predicted octanol–water partition coefficient (Wildman–Crippen LogP) is 1.26. The van der Waals surface area contributed by atoms with E-state index in [0.717, 1.165) is 0 Å². The summed E-state index contributed by atoms with van der Waals surface area (Å²) in [7, 11) is 0. The number of nitrogens with one attached hydrogen (secondary N) is 1. The van der Waals surface area contributed by atoms with Crippen LogP contribution in [0.3, 0.4) is 0 Å². The van der Waals surface area contributed by atoms with Gasteiger partial charge < -0.3 is 14.9 Å². The van der Waals surface area contributed by atoms with Crippen LogP contribution in [0.25, 0.3) is 5.65 Å². The van der Waals surface area contributed by atoms with Gasteiger partial charge in [-0.1, -0.05) is 18.7 Å². The van der Waals surface area contributed by atoms with Gasteiger partial charge in [0.25, 0.3) is 0 Å². The van der Waals surface area contributed by atoms with Crippen molar-refractivity contribution in [3.8, 4) is 0 Å². The Bertz CT molecular complexity index is 707. The molecule has 0 saturated heterocycles. The number of rotatable bonds is 5. The first-order chi connectivity index (χ1) is 10.1. The summed E-state index contributed by atoms with van der Waals surface area (Å²) in [5.41, 5.74) is 0.545. The van der Waals surface area contributed by atoms with E-state index in [1.54, 1.807) is 6.07 Å². The van der Waals surface area contributed by atoms with Crippen LogP contribution in [-0.4, -0.2) is 38.3 Å². The Morgan fingerprint density at radius 2 is 2.24 bits per heavy atom. The molecule has 21 heavy (non-hydrogen) atoms. The number of imidazole rings is 1. The van der Waals surface area contributed by atoms with Gasteiger partial charge in [0.1, 0.15) is 12.3 Å². The van der Waals surface area contributed by atoms with Crippen LogP contribution in [0.4, 0.5) is 10.6 Å². The molecular formula is C13H13N3O5. The largest absolute Gasteiger partial charge is 0.476 e. The molecule has 2 aromatic heterocycles. The highest BCUT2D eigenvalue weighted by Crippen LogP contribution is 2.19. The number of aromatic nitrogens is 2. The molecule has 0 atom stereocenters. The lowest BCUT2D eigenvalue weighted by Gasteiger charge is -2.07. The van der Waals surface area contributed by atoms with Gasteiger partial charge in [-0.15, -0.1) is 0 Å². The van der Waals surface area contributed by atoms with E-state index in [2.05, 4.69) is 16.9 Å². The van der Waals surface area contributed by atoms with Crippen LogP contribution in [0.5, 0.6) is 0 Å². The van der Waals surface area contributed by atoms with Crippen LogP contribution in [0.15, 0.2) is 31.0 Å². The Morgan fingerprint density at radius 1 is 1.48 bits per heavy atom. The van der Waals surface area contributed by atoms with Crippen LogP contribution in [0.2, 0.25) is 0 Å². The third-order valence-corrected chi connectivity index (χ3v) is 2.62. The van der Waals surface area contributed by atoms with E-state index in [1.807, 2.05) is 0 Å². The molecule has 0 aliphatic heterocycles. The SMILES string of the molecule is C=CCOC(=O)Nc1c(C(=O)O)nc2ccc(CO)cn12. The van der Waals surface area contributed by atoms with Gasteiger partial charge in [0, 0.05) is 6.20 Å². The van der Waals surface area contributed by atoms with Gasteiger partial charge in [-0.2, -0.15) is 0 Å². The van der Waals surface area contributed by atoms with E-state index in [1.165, 1.54) is 22.7 Å². The monoisotopic (exact) mass is 291 g/mol. The quantitative estimate of drug-likeness (QED) is 0.715. The number of hydrogen-bond acceptors (Lipinski definition) is 5. The number of pyridine rings is 1. The van der Waals surface area contributed by atoms with E-state index in [0.29, 0.717) is 11.2 Å². The summed E-state index contributed by atoms with van der Waals surface area (Å²) in [6, 6.07) is 3.14. The minimum Gasteiger partial charge on any atom is -0.476 e. The molecule has 0 aliphatic rings. The van der Waals surface area contributed by atoms with Gasteiger partial charge in [-0.3, -0.25) is 9.72 Å². The number of amides is 1. The highest BCUT2D eigenvalue weighted by Gasteiger charge is 2.20. The number of aromatic carboxylic acids is 1. The molecule has 3 N–H and O–H groups in total. The number of carboxylic acids is 1. The maximum atomic E-state index is 11.6. The van der Waals surface area contributed by atoms with Gasteiger partial charge in [0.2, 0.25) is 0 Å². The van der Waals surface area contributed by atoms with Crippen LogP contribution >= 0.6 is 0 Å². The van der Waals surface area contributed by atoms with Crippen molar-refractivity contribution >= 4 is 23.5 Å². The lowest BCUT2D eigenvalue weighted by molar-refractivity contribution is 0.0692. The van der Waals surface area contributed by atoms with E-state index >= 15 is 0 Å². The van der Waals surface area contributed by atoms with Crippen molar-refractivity contribution < 1.29 is 24.5 Å². The predicted molar refractivity (Wildman–Crippen MR) is 73.2 cm³/mol. The molecule has 110 valence electrons. The Hall–Kier alpha value is -2.87. The first-order valence-electron chi connectivity index (χ1n) is 5.96. The zero-order valence-corrected chi connectivity index (χ0v) is 10.9. The fraction of sp³-hybridized carbons (Fsp3) is 0.154. The van der Waals surface area contributed by atoms with Crippen LogP contribution in [0.1, 0.15) is 16.1 Å². The summed E-state index contributed by atoms with van der Waals surface area (Å²) < 4.78 is 6.12. The Labute approximate surface area is 119 Å². The Balaban J connectivity index is 2.46. The molecule has 0 aromatic carbocycles. The molecule has 0 aliphatic carbocycles. The molecule has 2 aromatic rings.